The zero-order valence-electron chi connectivity index (χ0n) is 6.50. The minimum Gasteiger partial charge on any atom is -0.253 e. The number of aromatic nitrogens is 2. The second-order valence-corrected chi connectivity index (χ2v) is 2.93. The summed E-state index contributed by atoms with van der Waals surface area (Å²) in [5.41, 5.74) is 0.654. The number of halogens is 1. The minimum absolute atomic E-state index is 0.258. The highest BCUT2D eigenvalue weighted by molar-refractivity contribution is 6.31. The molecular weight excluding hydrogens is 160 g/mol. The Balaban J connectivity index is 3.19. The summed E-state index contributed by atoms with van der Waals surface area (Å²) in [7, 11) is 0. The number of nitrogens with zero attached hydrogens (tertiary/aromatic N) is 2. The molecule has 0 atom stereocenters. The van der Waals surface area contributed by atoms with Gasteiger partial charge >= 0.3 is 0 Å². The first-order valence-electron chi connectivity index (χ1n) is 3.36. The Morgan fingerprint density at radius 3 is 2.73 bits per heavy atom. The van der Waals surface area contributed by atoms with Crippen molar-refractivity contribution in [1.82, 2.24) is 9.78 Å². The van der Waals surface area contributed by atoms with E-state index in [1.54, 1.807) is 10.9 Å². The molecule has 0 saturated carbocycles. The van der Waals surface area contributed by atoms with Crippen molar-refractivity contribution in [3.63, 3.8) is 0 Å². The van der Waals surface area contributed by atoms with Crippen LogP contribution in [0.5, 0.6) is 0 Å². The third kappa shape index (κ3) is 1.38. The molecule has 0 bridgehead atoms. The van der Waals surface area contributed by atoms with Gasteiger partial charge in [0.05, 0.1) is 11.2 Å². The van der Waals surface area contributed by atoms with Crippen molar-refractivity contribution in [3.05, 3.63) is 16.9 Å². The Morgan fingerprint density at radius 1 is 1.73 bits per heavy atom. The van der Waals surface area contributed by atoms with E-state index in [4.69, 9.17) is 18.0 Å². The van der Waals surface area contributed by atoms with Crippen molar-refractivity contribution < 1.29 is 0 Å². The Hall–Kier alpha value is -0.940. The lowest BCUT2D eigenvalue weighted by Crippen LogP contribution is -2.04. The number of rotatable bonds is 1. The largest absolute Gasteiger partial charge is 0.253 e. The molecule has 0 radical (unpaired) electrons. The zero-order chi connectivity index (χ0) is 8.43. The highest BCUT2D eigenvalue weighted by atomic mass is 35.5. The molecule has 0 fully saturated rings. The standard InChI is InChI=1S/C8H9ClN2/c1-4-8-7(9)5-10-11(8)6(2)3/h1,5-6H,2-3H3. The summed E-state index contributed by atoms with van der Waals surface area (Å²) >= 11 is 5.76. The normalized spacial score (nSPS) is 10.1. The lowest BCUT2D eigenvalue weighted by Gasteiger charge is -2.05. The van der Waals surface area contributed by atoms with E-state index in [1.807, 2.05) is 13.8 Å². The highest BCUT2D eigenvalue weighted by Crippen LogP contribution is 2.16. The first-order valence-corrected chi connectivity index (χ1v) is 3.74. The molecule has 2 nitrogen and oxygen atoms in total. The molecule has 58 valence electrons. The zero-order valence-corrected chi connectivity index (χ0v) is 7.26. The second-order valence-electron chi connectivity index (χ2n) is 2.52. The van der Waals surface area contributed by atoms with Crippen LogP contribution in [-0.2, 0) is 0 Å². The monoisotopic (exact) mass is 168 g/mol. The maximum atomic E-state index is 5.76. The van der Waals surface area contributed by atoms with Crippen LogP contribution in [0.25, 0.3) is 0 Å². The summed E-state index contributed by atoms with van der Waals surface area (Å²) in [6, 6.07) is 0.258. The quantitative estimate of drug-likeness (QED) is 0.588. The molecule has 0 N–H and O–H groups in total. The summed E-state index contributed by atoms with van der Waals surface area (Å²) in [5, 5.41) is 4.57. The molecule has 0 aliphatic rings. The summed E-state index contributed by atoms with van der Waals surface area (Å²) in [5.74, 6) is 2.49. The predicted molar refractivity (Wildman–Crippen MR) is 45.6 cm³/mol. The van der Waals surface area contributed by atoms with Gasteiger partial charge in [-0.05, 0) is 19.8 Å². The maximum Gasteiger partial charge on any atom is 0.129 e. The summed E-state index contributed by atoms with van der Waals surface area (Å²) in [6.45, 7) is 4.01. The van der Waals surface area contributed by atoms with Gasteiger partial charge in [-0.15, -0.1) is 6.42 Å². The molecule has 0 unspecified atom stereocenters. The van der Waals surface area contributed by atoms with Gasteiger partial charge in [-0.25, -0.2) is 0 Å². The van der Waals surface area contributed by atoms with Gasteiger partial charge in [-0.2, -0.15) is 5.10 Å². The fraction of sp³-hybridized carbons (Fsp3) is 0.375. The molecule has 3 heteroatoms. The summed E-state index contributed by atoms with van der Waals surface area (Å²) in [6.07, 6.45) is 6.80. The molecule has 0 aliphatic heterocycles. The van der Waals surface area contributed by atoms with Gasteiger partial charge in [0.15, 0.2) is 0 Å². The Labute approximate surface area is 71.2 Å². The Kier molecular flexibility index (Phi) is 2.21. The van der Waals surface area contributed by atoms with Gasteiger partial charge in [0.1, 0.15) is 5.69 Å². The molecule has 0 aromatic carbocycles. The predicted octanol–water partition coefficient (Wildman–Crippen LogP) is 2.10. The third-order valence-electron chi connectivity index (χ3n) is 1.38. The van der Waals surface area contributed by atoms with Crippen molar-refractivity contribution in [2.24, 2.45) is 0 Å². The molecule has 11 heavy (non-hydrogen) atoms. The van der Waals surface area contributed by atoms with Gasteiger partial charge < -0.3 is 0 Å². The second kappa shape index (κ2) is 2.98. The molecule has 1 rings (SSSR count). The fourth-order valence-corrected chi connectivity index (χ4v) is 1.05. The first kappa shape index (κ1) is 8.16. The van der Waals surface area contributed by atoms with E-state index in [0.717, 1.165) is 0 Å². The smallest absolute Gasteiger partial charge is 0.129 e. The van der Waals surface area contributed by atoms with Crippen molar-refractivity contribution in [1.29, 1.82) is 0 Å². The van der Waals surface area contributed by atoms with Crippen LogP contribution in [-0.4, -0.2) is 9.78 Å². The fourth-order valence-electron chi connectivity index (χ4n) is 0.868. The third-order valence-corrected chi connectivity index (χ3v) is 1.65. The van der Waals surface area contributed by atoms with Crippen molar-refractivity contribution in [2.75, 3.05) is 0 Å². The lowest BCUT2D eigenvalue weighted by molar-refractivity contribution is 0.527. The van der Waals surface area contributed by atoms with E-state index >= 15 is 0 Å². The highest BCUT2D eigenvalue weighted by Gasteiger charge is 2.07. The van der Waals surface area contributed by atoms with Gasteiger partial charge in [-0.3, -0.25) is 4.68 Å². The van der Waals surface area contributed by atoms with E-state index in [1.165, 1.54) is 0 Å². The van der Waals surface area contributed by atoms with Crippen molar-refractivity contribution in [2.45, 2.75) is 19.9 Å². The van der Waals surface area contributed by atoms with Gasteiger partial charge in [0, 0.05) is 6.04 Å². The lowest BCUT2D eigenvalue weighted by atomic mass is 10.3. The van der Waals surface area contributed by atoms with E-state index in [2.05, 4.69) is 11.0 Å². The van der Waals surface area contributed by atoms with Gasteiger partial charge in [0.2, 0.25) is 0 Å². The van der Waals surface area contributed by atoms with Crippen LogP contribution >= 0.6 is 11.6 Å². The Morgan fingerprint density at radius 2 is 2.36 bits per heavy atom. The van der Waals surface area contributed by atoms with Crippen LogP contribution in [0.15, 0.2) is 6.20 Å². The van der Waals surface area contributed by atoms with Gasteiger partial charge in [0.25, 0.3) is 0 Å². The topological polar surface area (TPSA) is 17.8 Å². The van der Waals surface area contributed by atoms with Crippen molar-refractivity contribution in [3.8, 4) is 12.3 Å². The number of terminal acetylenes is 1. The molecule has 1 aromatic heterocycles. The number of hydrogen-bond donors (Lipinski definition) is 0. The Bertz CT molecular complexity index is 294. The van der Waals surface area contributed by atoms with E-state index in [9.17, 15) is 0 Å². The maximum absolute atomic E-state index is 5.76. The first-order chi connectivity index (χ1) is 5.16. The summed E-state index contributed by atoms with van der Waals surface area (Å²) < 4.78 is 1.72. The molecule has 0 amide bonds. The average Bonchev–Trinajstić information content (AvgIpc) is 2.30. The molecule has 0 spiro atoms. The minimum atomic E-state index is 0.258. The van der Waals surface area contributed by atoms with Crippen LogP contribution in [0.2, 0.25) is 5.02 Å². The van der Waals surface area contributed by atoms with E-state index < -0.39 is 0 Å². The van der Waals surface area contributed by atoms with E-state index in [-0.39, 0.29) is 6.04 Å². The van der Waals surface area contributed by atoms with E-state index in [0.29, 0.717) is 10.7 Å². The molecule has 0 saturated heterocycles. The molecular formula is C8H9ClN2. The number of hydrogen-bond acceptors (Lipinski definition) is 1. The molecule has 1 aromatic rings. The van der Waals surface area contributed by atoms with Crippen molar-refractivity contribution >= 4 is 11.6 Å². The van der Waals surface area contributed by atoms with Crippen LogP contribution < -0.4 is 0 Å². The molecule has 1 heterocycles. The molecule has 0 aliphatic carbocycles. The van der Waals surface area contributed by atoms with Crippen LogP contribution in [0.3, 0.4) is 0 Å². The van der Waals surface area contributed by atoms with Gasteiger partial charge in [-0.1, -0.05) is 11.6 Å². The van der Waals surface area contributed by atoms with Crippen LogP contribution in [0, 0.1) is 12.3 Å². The summed E-state index contributed by atoms with van der Waals surface area (Å²) in [4.78, 5) is 0. The van der Waals surface area contributed by atoms with Crippen LogP contribution in [0.4, 0.5) is 0 Å². The SMILES string of the molecule is C#Cc1c(Cl)cnn1C(C)C. The average molecular weight is 169 g/mol. The van der Waals surface area contributed by atoms with Crippen LogP contribution in [0.1, 0.15) is 25.6 Å².